The van der Waals surface area contributed by atoms with Crippen LogP contribution in [0.25, 0.3) is 11.3 Å². The maximum atomic E-state index is 5.65. The van der Waals surface area contributed by atoms with Crippen molar-refractivity contribution in [1.29, 1.82) is 0 Å². The number of nitrogens with one attached hydrogen (secondary N) is 1. The third kappa shape index (κ3) is 2.26. The van der Waals surface area contributed by atoms with Crippen molar-refractivity contribution in [2.75, 3.05) is 5.73 Å². The summed E-state index contributed by atoms with van der Waals surface area (Å²) >= 11 is 0. The molecule has 1 aromatic heterocycles. The first-order chi connectivity index (χ1) is 8.83. The molecule has 0 unspecified atom stereocenters. The van der Waals surface area contributed by atoms with Gasteiger partial charge in [0.25, 0.3) is 0 Å². The molecule has 1 aromatic carbocycles. The molecule has 1 aliphatic carbocycles. The first-order valence-corrected chi connectivity index (χ1v) is 6.74. The molecule has 0 bridgehead atoms. The number of aromatic nitrogens is 2. The van der Waals surface area contributed by atoms with E-state index in [0.717, 1.165) is 11.6 Å². The van der Waals surface area contributed by atoms with Gasteiger partial charge in [0, 0.05) is 6.07 Å². The minimum atomic E-state index is 0.549. The van der Waals surface area contributed by atoms with E-state index >= 15 is 0 Å². The van der Waals surface area contributed by atoms with Crippen molar-refractivity contribution in [3.05, 3.63) is 35.9 Å². The number of rotatable bonds is 2. The molecular weight excluding hydrogens is 222 g/mol. The zero-order chi connectivity index (χ0) is 12.4. The Hall–Kier alpha value is -1.77. The van der Waals surface area contributed by atoms with Gasteiger partial charge in [-0.05, 0) is 36.0 Å². The number of benzene rings is 1. The highest BCUT2D eigenvalue weighted by Gasteiger charge is 2.15. The van der Waals surface area contributed by atoms with E-state index in [1.165, 1.54) is 43.2 Å². The first-order valence-electron chi connectivity index (χ1n) is 6.74. The number of hydrogen-bond acceptors (Lipinski definition) is 2. The van der Waals surface area contributed by atoms with E-state index in [2.05, 4.69) is 34.5 Å². The zero-order valence-corrected chi connectivity index (χ0v) is 10.5. The van der Waals surface area contributed by atoms with Gasteiger partial charge in [-0.25, -0.2) is 0 Å². The monoisotopic (exact) mass is 241 g/mol. The Morgan fingerprint density at radius 1 is 1.11 bits per heavy atom. The van der Waals surface area contributed by atoms with Crippen LogP contribution in [0.3, 0.4) is 0 Å². The van der Waals surface area contributed by atoms with Crippen LogP contribution in [0.4, 0.5) is 5.82 Å². The fourth-order valence-electron chi connectivity index (χ4n) is 2.88. The predicted molar refractivity (Wildman–Crippen MR) is 74.3 cm³/mol. The van der Waals surface area contributed by atoms with Gasteiger partial charge in [-0.1, -0.05) is 37.5 Å². The standard InChI is InChI=1S/C15H19N3/c16-15-10-14(17-18-15)13-8-4-7-12(9-13)11-5-2-1-3-6-11/h4,7-11H,1-3,5-6H2,(H3,16,17,18). The Balaban J connectivity index is 1.88. The van der Waals surface area contributed by atoms with Crippen molar-refractivity contribution in [3.8, 4) is 11.3 Å². The summed E-state index contributed by atoms with van der Waals surface area (Å²) in [6.45, 7) is 0. The highest BCUT2D eigenvalue weighted by atomic mass is 15.2. The molecule has 1 aliphatic rings. The molecule has 0 aliphatic heterocycles. The molecule has 3 rings (SSSR count). The number of hydrogen-bond donors (Lipinski definition) is 2. The molecule has 0 spiro atoms. The summed E-state index contributed by atoms with van der Waals surface area (Å²) in [7, 11) is 0. The fourth-order valence-corrected chi connectivity index (χ4v) is 2.88. The highest BCUT2D eigenvalue weighted by Crippen LogP contribution is 2.34. The molecule has 2 aromatic rings. The first kappa shape index (κ1) is 11.3. The summed E-state index contributed by atoms with van der Waals surface area (Å²) in [4.78, 5) is 0. The highest BCUT2D eigenvalue weighted by molar-refractivity contribution is 5.62. The summed E-state index contributed by atoms with van der Waals surface area (Å²) < 4.78 is 0. The molecule has 0 radical (unpaired) electrons. The van der Waals surface area contributed by atoms with E-state index < -0.39 is 0 Å². The van der Waals surface area contributed by atoms with E-state index in [0.29, 0.717) is 5.82 Å². The largest absolute Gasteiger partial charge is 0.382 e. The summed E-state index contributed by atoms with van der Waals surface area (Å²) in [5.74, 6) is 1.28. The van der Waals surface area contributed by atoms with Gasteiger partial charge in [-0.3, -0.25) is 5.10 Å². The number of anilines is 1. The molecule has 3 heteroatoms. The van der Waals surface area contributed by atoms with Gasteiger partial charge in [-0.15, -0.1) is 0 Å². The molecule has 0 amide bonds. The lowest BCUT2D eigenvalue weighted by atomic mass is 9.83. The maximum absolute atomic E-state index is 5.65. The van der Waals surface area contributed by atoms with Crippen molar-refractivity contribution in [2.45, 2.75) is 38.0 Å². The van der Waals surface area contributed by atoms with E-state index in [9.17, 15) is 0 Å². The Bertz CT molecular complexity index is 524. The van der Waals surface area contributed by atoms with Gasteiger partial charge in [0.2, 0.25) is 0 Å². The number of nitrogen functional groups attached to an aromatic ring is 1. The Morgan fingerprint density at radius 3 is 2.67 bits per heavy atom. The summed E-state index contributed by atoms with van der Waals surface area (Å²) in [6.07, 6.45) is 6.79. The van der Waals surface area contributed by atoms with E-state index in [1.54, 1.807) is 0 Å². The summed E-state index contributed by atoms with van der Waals surface area (Å²) in [5, 5.41) is 6.96. The second-order valence-electron chi connectivity index (χ2n) is 5.17. The van der Waals surface area contributed by atoms with Gasteiger partial charge in [-0.2, -0.15) is 5.10 Å². The van der Waals surface area contributed by atoms with Crippen molar-refractivity contribution >= 4 is 5.82 Å². The number of nitrogens with zero attached hydrogens (tertiary/aromatic N) is 1. The second-order valence-corrected chi connectivity index (χ2v) is 5.17. The Labute approximate surface area is 107 Å². The van der Waals surface area contributed by atoms with Crippen LogP contribution in [-0.2, 0) is 0 Å². The molecule has 18 heavy (non-hydrogen) atoms. The third-order valence-electron chi connectivity index (χ3n) is 3.87. The van der Waals surface area contributed by atoms with Crippen molar-refractivity contribution in [1.82, 2.24) is 10.2 Å². The second kappa shape index (κ2) is 4.84. The molecule has 1 fully saturated rings. The number of nitrogens with two attached hydrogens (primary N) is 1. The third-order valence-corrected chi connectivity index (χ3v) is 3.87. The van der Waals surface area contributed by atoms with Gasteiger partial charge in [0.05, 0.1) is 5.69 Å². The minimum Gasteiger partial charge on any atom is -0.382 e. The maximum Gasteiger partial charge on any atom is 0.145 e. The molecule has 94 valence electrons. The lowest BCUT2D eigenvalue weighted by molar-refractivity contribution is 0.443. The van der Waals surface area contributed by atoms with Crippen LogP contribution >= 0.6 is 0 Å². The molecule has 0 atom stereocenters. The molecule has 1 saturated carbocycles. The smallest absolute Gasteiger partial charge is 0.145 e. The van der Waals surface area contributed by atoms with Crippen LogP contribution in [0.15, 0.2) is 30.3 Å². The topological polar surface area (TPSA) is 54.7 Å². The molecular formula is C15H19N3. The molecule has 1 heterocycles. The average molecular weight is 241 g/mol. The lowest BCUT2D eigenvalue weighted by Gasteiger charge is -2.22. The van der Waals surface area contributed by atoms with Crippen molar-refractivity contribution < 1.29 is 0 Å². The van der Waals surface area contributed by atoms with Crippen LogP contribution in [0.2, 0.25) is 0 Å². The summed E-state index contributed by atoms with van der Waals surface area (Å²) in [5.41, 5.74) is 9.30. The Kier molecular flexibility index (Phi) is 3.05. The van der Waals surface area contributed by atoms with Crippen molar-refractivity contribution in [2.24, 2.45) is 0 Å². The fraction of sp³-hybridized carbons (Fsp3) is 0.400. The predicted octanol–water partition coefficient (Wildman–Crippen LogP) is 3.71. The van der Waals surface area contributed by atoms with Gasteiger partial charge >= 0.3 is 0 Å². The van der Waals surface area contributed by atoms with E-state index in [-0.39, 0.29) is 0 Å². The van der Waals surface area contributed by atoms with Gasteiger partial charge in [0.1, 0.15) is 5.82 Å². The zero-order valence-electron chi connectivity index (χ0n) is 10.5. The van der Waals surface area contributed by atoms with Gasteiger partial charge < -0.3 is 5.73 Å². The van der Waals surface area contributed by atoms with Crippen LogP contribution in [0, 0.1) is 0 Å². The van der Waals surface area contributed by atoms with Gasteiger partial charge in [0.15, 0.2) is 0 Å². The quantitative estimate of drug-likeness (QED) is 0.842. The van der Waals surface area contributed by atoms with Crippen LogP contribution < -0.4 is 5.73 Å². The van der Waals surface area contributed by atoms with Crippen molar-refractivity contribution in [3.63, 3.8) is 0 Å². The minimum absolute atomic E-state index is 0.549. The molecule has 3 nitrogen and oxygen atoms in total. The lowest BCUT2D eigenvalue weighted by Crippen LogP contribution is -2.04. The SMILES string of the molecule is Nc1cc(-c2cccc(C3CCCCC3)c2)[nH]n1. The van der Waals surface area contributed by atoms with Crippen LogP contribution in [-0.4, -0.2) is 10.2 Å². The normalized spacial score (nSPS) is 16.9. The van der Waals surface area contributed by atoms with Crippen LogP contribution in [0.1, 0.15) is 43.6 Å². The number of aromatic amines is 1. The average Bonchev–Trinajstić information content (AvgIpc) is 2.87. The van der Waals surface area contributed by atoms with Crippen LogP contribution in [0.5, 0.6) is 0 Å². The number of H-pyrrole nitrogens is 1. The van der Waals surface area contributed by atoms with E-state index in [1.807, 2.05) is 6.07 Å². The Morgan fingerprint density at radius 2 is 1.94 bits per heavy atom. The molecule has 0 saturated heterocycles. The summed E-state index contributed by atoms with van der Waals surface area (Å²) in [6, 6.07) is 10.7. The van der Waals surface area contributed by atoms with E-state index in [4.69, 9.17) is 5.73 Å². The molecule has 3 N–H and O–H groups in total.